The van der Waals surface area contributed by atoms with Crippen molar-refractivity contribution in [1.29, 1.82) is 0 Å². The topological polar surface area (TPSA) is 74.8 Å². The van der Waals surface area contributed by atoms with Gasteiger partial charge in [-0.05, 0) is 36.8 Å². The number of aromatic amines is 1. The Balaban J connectivity index is 1.59. The maximum atomic E-state index is 12.8. The lowest BCUT2D eigenvalue weighted by molar-refractivity contribution is -0.114. The van der Waals surface area contributed by atoms with Crippen molar-refractivity contribution in [2.45, 2.75) is 24.0 Å². The highest BCUT2D eigenvalue weighted by molar-refractivity contribution is 7.99. The lowest BCUT2D eigenvalue weighted by Crippen LogP contribution is -2.12. The molecule has 1 atom stereocenters. The molecule has 4 aromatic rings. The Morgan fingerprint density at radius 3 is 2.55 bits per heavy atom. The minimum Gasteiger partial charge on any atom is -0.326 e. The molecule has 0 saturated carbocycles. The minimum atomic E-state index is -0.112. The molecule has 4 rings (SSSR count). The van der Waals surface area contributed by atoms with Gasteiger partial charge in [0.15, 0.2) is 0 Å². The number of hydrogen-bond acceptors (Lipinski definition) is 5. The molecule has 0 radical (unpaired) electrons. The molecule has 0 aliphatic rings. The Labute approximate surface area is 176 Å². The van der Waals surface area contributed by atoms with Crippen LogP contribution in [0.5, 0.6) is 0 Å². The summed E-state index contributed by atoms with van der Waals surface area (Å²) in [6, 6.07) is 17.5. The number of thioether (sulfide) groups is 1. The quantitative estimate of drug-likeness (QED) is 0.419. The third kappa shape index (κ3) is 4.26. The first kappa shape index (κ1) is 19.4. The second-order valence-electron chi connectivity index (χ2n) is 6.61. The molecule has 0 aliphatic carbocycles. The van der Waals surface area contributed by atoms with Gasteiger partial charge in [0.2, 0.25) is 5.91 Å². The summed E-state index contributed by atoms with van der Waals surface area (Å²) in [5.74, 6) is 0.555. The number of nitrogens with one attached hydrogen (secondary N) is 2. The van der Waals surface area contributed by atoms with Crippen molar-refractivity contribution in [1.82, 2.24) is 9.97 Å². The van der Waals surface area contributed by atoms with Gasteiger partial charge >= 0.3 is 0 Å². The van der Waals surface area contributed by atoms with Crippen LogP contribution >= 0.6 is 23.1 Å². The summed E-state index contributed by atoms with van der Waals surface area (Å²) in [4.78, 5) is 33.4. The van der Waals surface area contributed by atoms with Gasteiger partial charge in [-0.25, -0.2) is 4.98 Å². The summed E-state index contributed by atoms with van der Waals surface area (Å²) in [7, 11) is 0. The van der Waals surface area contributed by atoms with Crippen LogP contribution in [0, 0.1) is 0 Å². The highest BCUT2D eigenvalue weighted by Crippen LogP contribution is 2.35. The fourth-order valence-corrected chi connectivity index (χ4v) is 4.95. The summed E-state index contributed by atoms with van der Waals surface area (Å²) in [6.07, 6.45) is 0. The van der Waals surface area contributed by atoms with Gasteiger partial charge in [-0.15, -0.1) is 23.1 Å². The number of H-pyrrole nitrogens is 1. The van der Waals surface area contributed by atoms with Crippen molar-refractivity contribution in [3.63, 3.8) is 0 Å². The molecular weight excluding hydrogens is 402 g/mol. The number of aromatic nitrogens is 2. The van der Waals surface area contributed by atoms with Gasteiger partial charge in [-0.2, -0.15) is 0 Å². The van der Waals surface area contributed by atoms with Crippen molar-refractivity contribution < 1.29 is 4.79 Å². The lowest BCUT2D eigenvalue weighted by atomic mass is 10.1. The first-order valence-corrected chi connectivity index (χ1v) is 10.9. The van der Waals surface area contributed by atoms with Crippen LogP contribution < -0.4 is 10.9 Å². The van der Waals surface area contributed by atoms with E-state index in [0.29, 0.717) is 11.2 Å². The lowest BCUT2D eigenvalue weighted by Gasteiger charge is -2.11. The number of carbonyl (C=O) groups excluding carboxylic acids is 1. The zero-order valence-electron chi connectivity index (χ0n) is 15.9. The van der Waals surface area contributed by atoms with Crippen LogP contribution in [0.3, 0.4) is 0 Å². The number of thiophene rings is 1. The number of carbonyl (C=O) groups is 1. The Morgan fingerprint density at radius 1 is 1.14 bits per heavy atom. The molecule has 2 heterocycles. The zero-order chi connectivity index (χ0) is 20.4. The van der Waals surface area contributed by atoms with E-state index in [1.54, 1.807) is 11.8 Å². The van der Waals surface area contributed by atoms with Crippen molar-refractivity contribution in [2.24, 2.45) is 0 Å². The summed E-state index contributed by atoms with van der Waals surface area (Å²) in [5.41, 5.74) is 2.58. The predicted molar refractivity (Wildman–Crippen MR) is 121 cm³/mol. The summed E-state index contributed by atoms with van der Waals surface area (Å²) in [6.45, 7) is 3.50. The second kappa shape index (κ2) is 8.23. The average Bonchev–Trinajstić information content (AvgIpc) is 3.14. The number of anilines is 1. The van der Waals surface area contributed by atoms with E-state index in [2.05, 4.69) is 10.3 Å². The molecule has 0 bridgehead atoms. The van der Waals surface area contributed by atoms with E-state index >= 15 is 0 Å². The standard InChI is InChI=1S/C22H19N3O2S2/c1-13(29-17-10-8-16(9-11-17)23-14(2)26)20-24-21(27)19-18(12-28-22(19)25-20)15-6-4-3-5-7-15/h3-13H,1-2H3,(H,23,26)(H,24,25,27). The molecule has 7 heteroatoms. The van der Waals surface area contributed by atoms with E-state index < -0.39 is 0 Å². The van der Waals surface area contributed by atoms with E-state index in [1.165, 1.54) is 18.3 Å². The van der Waals surface area contributed by atoms with Crippen LogP contribution in [0.25, 0.3) is 21.3 Å². The fraction of sp³-hybridized carbons (Fsp3) is 0.136. The third-order valence-corrected chi connectivity index (χ3v) is 6.41. The van der Waals surface area contributed by atoms with Gasteiger partial charge < -0.3 is 10.3 Å². The summed E-state index contributed by atoms with van der Waals surface area (Å²) in [5, 5.41) is 5.36. The van der Waals surface area contributed by atoms with Gasteiger partial charge in [-0.3, -0.25) is 9.59 Å². The van der Waals surface area contributed by atoms with Crippen LogP contribution in [-0.2, 0) is 4.79 Å². The number of nitrogens with zero attached hydrogens (tertiary/aromatic N) is 1. The SMILES string of the molecule is CC(=O)Nc1ccc(SC(C)c2nc3scc(-c4ccccc4)c3c(=O)[nH]2)cc1. The number of rotatable bonds is 5. The maximum Gasteiger partial charge on any atom is 0.260 e. The molecule has 0 saturated heterocycles. The smallest absolute Gasteiger partial charge is 0.260 e. The molecule has 0 fully saturated rings. The molecule has 146 valence electrons. The number of hydrogen-bond donors (Lipinski definition) is 2. The summed E-state index contributed by atoms with van der Waals surface area (Å²) < 4.78 is 0. The number of amides is 1. The van der Waals surface area contributed by atoms with E-state index in [0.717, 1.165) is 26.5 Å². The van der Waals surface area contributed by atoms with Gasteiger partial charge in [0.1, 0.15) is 10.7 Å². The van der Waals surface area contributed by atoms with E-state index in [1.807, 2.05) is 66.9 Å². The molecule has 2 aromatic heterocycles. The van der Waals surface area contributed by atoms with Crippen LogP contribution in [-0.4, -0.2) is 15.9 Å². The van der Waals surface area contributed by atoms with Crippen molar-refractivity contribution in [3.8, 4) is 11.1 Å². The van der Waals surface area contributed by atoms with Crippen LogP contribution in [0.2, 0.25) is 0 Å². The Hall–Kier alpha value is -2.90. The van der Waals surface area contributed by atoms with E-state index in [-0.39, 0.29) is 16.7 Å². The molecule has 29 heavy (non-hydrogen) atoms. The largest absolute Gasteiger partial charge is 0.326 e. The molecule has 5 nitrogen and oxygen atoms in total. The van der Waals surface area contributed by atoms with Crippen LogP contribution in [0.15, 0.2) is 69.7 Å². The number of benzene rings is 2. The fourth-order valence-electron chi connectivity index (χ4n) is 3.07. The van der Waals surface area contributed by atoms with Crippen LogP contribution in [0.4, 0.5) is 5.69 Å². The first-order valence-electron chi connectivity index (χ1n) is 9.12. The Morgan fingerprint density at radius 2 is 1.86 bits per heavy atom. The Bertz CT molecular complexity index is 1210. The van der Waals surface area contributed by atoms with E-state index in [4.69, 9.17) is 4.98 Å². The normalized spacial score (nSPS) is 12.1. The molecular formula is C22H19N3O2S2. The molecule has 1 unspecified atom stereocenters. The highest BCUT2D eigenvalue weighted by Gasteiger charge is 2.16. The molecule has 2 aromatic carbocycles. The Kier molecular flexibility index (Phi) is 5.51. The van der Waals surface area contributed by atoms with Crippen molar-refractivity contribution in [3.05, 3.63) is 76.2 Å². The van der Waals surface area contributed by atoms with Gasteiger partial charge in [0.05, 0.1) is 10.6 Å². The van der Waals surface area contributed by atoms with E-state index in [9.17, 15) is 9.59 Å². The molecule has 0 aliphatic heterocycles. The highest BCUT2D eigenvalue weighted by atomic mass is 32.2. The second-order valence-corrected chi connectivity index (χ2v) is 8.88. The van der Waals surface area contributed by atoms with Gasteiger partial charge in [-0.1, -0.05) is 30.3 Å². The monoisotopic (exact) mass is 421 g/mol. The predicted octanol–water partition coefficient (Wildman–Crippen LogP) is 5.46. The molecule has 2 N–H and O–H groups in total. The average molecular weight is 422 g/mol. The molecule has 1 amide bonds. The van der Waals surface area contributed by atoms with Gasteiger partial charge in [0.25, 0.3) is 5.56 Å². The summed E-state index contributed by atoms with van der Waals surface area (Å²) >= 11 is 3.09. The first-order chi connectivity index (χ1) is 14.0. The minimum absolute atomic E-state index is 0.0269. The third-order valence-electron chi connectivity index (χ3n) is 4.42. The van der Waals surface area contributed by atoms with Crippen molar-refractivity contribution >= 4 is 44.9 Å². The van der Waals surface area contributed by atoms with Crippen molar-refractivity contribution in [2.75, 3.05) is 5.32 Å². The van der Waals surface area contributed by atoms with Crippen LogP contribution in [0.1, 0.15) is 24.9 Å². The zero-order valence-corrected chi connectivity index (χ0v) is 17.6. The molecule has 0 spiro atoms. The van der Waals surface area contributed by atoms with Gasteiger partial charge in [0, 0.05) is 28.5 Å². The maximum absolute atomic E-state index is 12.8. The number of fused-ring (bicyclic) bond motifs is 1.